The van der Waals surface area contributed by atoms with Crippen LogP contribution in [0, 0.1) is 0 Å². The summed E-state index contributed by atoms with van der Waals surface area (Å²) in [5.41, 5.74) is 2.62. The first-order valence-electron chi connectivity index (χ1n) is 11.3. The molecule has 0 aromatic rings. The average molecular weight is 443 g/mol. The van der Waals surface area contributed by atoms with E-state index in [2.05, 4.69) is 101 Å². The van der Waals surface area contributed by atoms with E-state index in [1.54, 1.807) is 0 Å². The molecular weight excluding hydrogens is 392 g/mol. The second-order valence-electron chi connectivity index (χ2n) is 11.0. The molecule has 0 bridgehead atoms. The summed E-state index contributed by atoms with van der Waals surface area (Å²) in [6, 6.07) is 0. The first kappa shape index (κ1) is 28.8. The third kappa shape index (κ3) is 7.77. The van der Waals surface area contributed by atoms with E-state index in [1.165, 1.54) is 0 Å². The molecule has 3 nitrogen and oxygen atoms in total. The molecule has 172 valence electrons. The van der Waals surface area contributed by atoms with Gasteiger partial charge in [0, 0.05) is 0 Å². The zero-order valence-electron chi connectivity index (χ0n) is 21.6. The summed E-state index contributed by atoms with van der Waals surface area (Å²) in [5.74, 6) is 0. The van der Waals surface area contributed by atoms with Gasteiger partial charge in [0.15, 0.2) is 8.32 Å². The van der Waals surface area contributed by atoms with Crippen LogP contribution in [0.15, 0.2) is 23.8 Å². The molecule has 0 heterocycles. The summed E-state index contributed by atoms with van der Waals surface area (Å²) >= 11 is 0. The Morgan fingerprint density at radius 1 is 0.862 bits per heavy atom. The van der Waals surface area contributed by atoms with Gasteiger partial charge >= 0.3 is 0 Å². The van der Waals surface area contributed by atoms with Crippen LogP contribution in [0.5, 0.6) is 0 Å². The quantitative estimate of drug-likeness (QED) is 0.267. The van der Waals surface area contributed by atoms with Gasteiger partial charge in [-0.25, -0.2) is 0 Å². The third-order valence-corrected chi connectivity index (χ3v) is 17.4. The lowest BCUT2D eigenvalue weighted by Crippen LogP contribution is -2.50. The summed E-state index contributed by atoms with van der Waals surface area (Å²) in [6.07, 6.45) is 6.10. The molecule has 0 aliphatic heterocycles. The lowest BCUT2D eigenvalue weighted by molar-refractivity contribution is 0.230. The fourth-order valence-electron chi connectivity index (χ4n) is 4.11. The van der Waals surface area contributed by atoms with Crippen LogP contribution in [0.25, 0.3) is 0 Å². The van der Waals surface area contributed by atoms with E-state index in [9.17, 15) is 5.11 Å². The Hall–Kier alpha value is -0.206. The molecule has 0 aromatic heterocycles. The maximum Gasteiger partial charge on any atom is 0.201 e. The second kappa shape index (κ2) is 11.4. The molecule has 1 N–H and O–H groups in total. The van der Waals surface area contributed by atoms with Gasteiger partial charge in [0.2, 0.25) is 8.32 Å². The summed E-state index contributed by atoms with van der Waals surface area (Å²) in [4.78, 5) is 0. The topological polar surface area (TPSA) is 38.7 Å². The molecule has 0 spiro atoms. The van der Waals surface area contributed by atoms with Crippen molar-refractivity contribution in [3.05, 3.63) is 23.8 Å². The predicted molar refractivity (Wildman–Crippen MR) is 134 cm³/mol. The van der Waals surface area contributed by atoms with Gasteiger partial charge in [-0.1, -0.05) is 80.5 Å². The van der Waals surface area contributed by atoms with E-state index in [1.807, 2.05) is 6.08 Å². The lowest BCUT2D eigenvalue weighted by Gasteiger charge is -2.44. The molecule has 1 unspecified atom stereocenters. The number of rotatable bonds is 11. The number of hydrogen-bond acceptors (Lipinski definition) is 3. The van der Waals surface area contributed by atoms with Crippen molar-refractivity contribution in [1.29, 1.82) is 0 Å². The van der Waals surface area contributed by atoms with Gasteiger partial charge in [-0.15, -0.1) is 0 Å². The Morgan fingerprint density at radius 2 is 1.31 bits per heavy atom. The SMILES string of the molecule is C/C(=C/CO)C(/C=C/[C@H](C)O[Si](C)(C)C(C)(C)C)O[Si](C(C)C)(C(C)C)C(C)C. The minimum absolute atomic E-state index is 0.0369. The van der Waals surface area contributed by atoms with Crippen LogP contribution in [-0.2, 0) is 8.85 Å². The fourth-order valence-corrected chi connectivity index (χ4v) is 11.0. The van der Waals surface area contributed by atoms with Crippen LogP contribution >= 0.6 is 0 Å². The Morgan fingerprint density at radius 3 is 1.66 bits per heavy atom. The highest BCUT2D eigenvalue weighted by Crippen LogP contribution is 2.44. The van der Waals surface area contributed by atoms with E-state index in [0.29, 0.717) is 16.6 Å². The van der Waals surface area contributed by atoms with E-state index < -0.39 is 16.6 Å². The van der Waals surface area contributed by atoms with Crippen molar-refractivity contribution in [2.45, 2.75) is 123 Å². The van der Waals surface area contributed by atoms with Gasteiger partial charge in [-0.2, -0.15) is 0 Å². The van der Waals surface area contributed by atoms with Gasteiger partial charge in [0.1, 0.15) is 0 Å². The van der Waals surface area contributed by atoms with Crippen molar-refractivity contribution < 1.29 is 14.0 Å². The standard InChI is InChI=1S/C24H50O3Si2/c1-18(2)29(19(3)4,20(5)6)27-23(21(7)16-17-25)15-14-22(8)26-28(12,13)24(9,10)11/h14-16,18-20,22-23,25H,17H2,1-13H3/b15-14+,21-16-/t22-,23?/m0/s1. The van der Waals surface area contributed by atoms with Crippen molar-refractivity contribution >= 4 is 16.6 Å². The van der Waals surface area contributed by atoms with Crippen LogP contribution in [0.3, 0.4) is 0 Å². The Kier molecular flexibility index (Phi) is 11.3. The van der Waals surface area contributed by atoms with Crippen molar-refractivity contribution in [2.24, 2.45) is 0 Å². The molecule has 0 rings (SSSR count). The van der Waals surface area contributed by atoms with Crippen molar-refractivity contribution in [3.63, 3.8) is 0 Å². The van der Waals surface area contributed by atoms with Gasteiger partial charge in [0.05, 0.1) is 18.8 Å². The molecule has 29 heavy (non-hydrogen) atoms. The minimum atomic E-state index is -2.04. The summed E-state index contributed by atoms with van der Waals surface area (Å²) < 4.78 is 13.5. The molecule has 0 aliphatic carbocycles. The normalized spacial score (nSPS) is 17.1. The molecule has 0 aliphatic rings. The fraction of sp³-hybridized carbons (Fsp3) is 0.833. The average Bonchev–Trinajstić information content (AvgIpc) is 2.52. The van der Waals surface area contributed by atoms with E-state index >= 15 is 0 Å². The molecule has 0 fully saturated rings. The Labute approximate surface area is 184 Å². The molecule has 0 amide bonds. The number of aliphatic hydroxyl groups is 1. The molecule has 0 saturated heterocycles. The van der Waals surface area contributed by atoms with Crippen LogP contribution < -0.4 is 0 Å². The number of aliphatic hydroxyl groups excluding tert-OH is 1. The second-order valence-corrected chi connectivity index (χ2v) is 21.1. The van der Waals surface area contributed by atoms with Crippen LogP contribution in [0.4, 0.5) is 0 Å². The maximum atomic E-state index is 9.47. The molecule has 0 aromatic carbocycles. The first-order valence-corrected chi connectivity index (χ1v) is 16.4. The van der Waals surface area contributed by atoms with Crippen LogP contribution in [0.2, 0.25) is 34.8 Å². The smallest absolute Gasteiger partial charge is 0.201 e. The van der Waals surface area contributed by atoms with Crippen molar-refractivity contribution in [1.82, 2.24) is 0 Å². The summed E-state index contributed by atoms with van der Waals surface area (Å²) in [5, 5.41) is 9.65. The highest BCUT2D eigenvalue weighted by atomic mass is 28.4. The van der Waals surface area contributed by atoms with Gasteiger partial charge < -0.3 is 14.0 Å². The summed E-state index contributed by atoms with van der Waals surface area (Å²) in [6.45, 7) is 29.4. The first-order chi connectivity index (χ1) is 13.0. The molecular formula is C24H50O3Si2. The molecule has 5 heteroatoms. The highest BCUT2D eigenvalue weighted by Gasteiger charge is 2.46. The largest absolute Gasteiger partial charge is 0.411 e. The zero-order valence-corrected chi connectivity index (χ0v) is 23.6. The van der Waals surface area contributed by atoms with Gasteiger partial charge in [-0.05, 0) is 54.2 Å². The van der Waals surface area contributed by atoms with Crippen LogP contribution in [0.1, 0.15) is 76.2 Å². The van der Waals surface area contributed by atoms with Crippen molar-refractivity contribution in [3.8, 4) is 0 Å². The predicted octanol–water partition coefficient (Wildman–Crippen LogP) is 7.45. The molecule has 2 atom stereocenters. The zero-order chi connectivity index (χ0) is 23.2. The maximum absolute atomic E-state index is 9.47. The van der Waals surface area contributed by atoms with E-state index in [-0.39, 0.29) is 23.9 Å². The Bertz CT molecular complexity index is 521. The molecule has 0 radical (unpaired) electrons. The lowest BCUT2D eigenvalue weighted by atomic mass is 10.1. The van der Waals surface area contributed by atoms with E-state index in [4.69, 9.17) is 8.85 Å². The third-order valence-electron chi connectivity index (χ3n) is 6.74. The number of hydrogen-bond donors (Lipinski definition) is 1. The highest BCUT2D eigenvalue weighted by molar-refractivity contribution is 6.77. The summed E-state index contributed by atoms with van der Waals surface area (Å²) in [7, 11) is -3.86. The minimum Gasteiger partial charge on any atom is -0.411 e. The van der Waals surface area contributed by atoms with Crippen LogP contribution in [-0.4, -0.2) is 40.6 Å². The monoisotopic (exact) mass is 442 g/mol. The van der Waals surface area contributed by atoms with Crippen molar-refractivity contribution in [2.75, 3.05) is 6.61 Å². The van der Waals surface area contributed by atoms with E-state index in [0.717, 1.165) is 5.57 Å². The van der Waals surface area contributed by atoms with Gasteiger partial charge in [0.25, 0.3) is 0 Å². The van der Waals surface area contributed by atoms with Gasteiger partial charge in [-0.3, -0.25) is 0 Å². The molecule has 0 saturated carbocycles. The Balaban J connectivity index is 5.82.